The second kappa shape index (κ2) is 5.20. The van der Waals surface area contributed by atoms with Gasteiger partial charge in [-0.3, -0.25) is 0 Å². The smallest absolute Gasteiger partial charge is 0.138 e. The molecule has 0 N–H and O–H groups in total. The minimum Gasteiger partial charge on any atom is -0.466 e. The maximum Gasteiger partial charge on any atom is 0.138 e. The van der Waals surface area contributed by atoms with Gasteiger partial charge in [0.1, 0.15) is 17.5 Å². The zero-order chi connectivity index (χ0) is 16.1. The fourth-order valence-electron chi connectivity index (χ4n) is 5.56. The van der Waals surface area contributed by atoms with Gasteiger partial charge in [-0.05, 0) is 45.1 Å². The fraction of sp³-hybridized carbons (Fsp3) is 0.684. The van der Waals surface area contributed by atoms with Gasteiger partial charge in [-0.2, -0.15) is 0 Å². The first kappa shape index (κ1) is 15.4. The van der Waals surface area contributed by atoms with Gasteiger partial charge in [0.2, 0.25) is 0 Å². The summed E-state index contributed by atoms with van der Waals surface area (Å²) < 4.78 is 24.2. The van der Waals surface area contributed by atoms with Crippen LogP contribution in [0, 0.1) is 5.41 Å². The minimum atomic E-state index is -0.320. The normalized spacial score (nSPS) is 40.3. The van der Waals surface area contributed by atoms with E-state index in [1.165, 1.54) is 5.56 Å². The van der Waals surface area contributed by atoms with Crippen LogP contribution in [0.2, 0.25) is 0 Å². The van der Waals surface area contributed by atoms with E-state index >= 15 is 0 Å². The van der Waals surface area contributed by atoms with E-state index in [9.17, 15) is 0 Å². The largest absolute Gasteiger partial charge is 0.466 e. The van der Waals surface area contributed by atoms with Crippen molar-refractivity contribution in [1.29, 1.82) is 0 Å². The minimum absolute atomic E-state index is 0.0108. The number of ether oxygens (including phenoxy) is 3. The Balaban J connectivity index is 1.82. The summed E-state index contributed by atoms with van der Waals surface area (Å²) in [5.41, 5.74) is 0.713. The van der Waals surface area contributed by atoms with Gasteiger partial charge in [-0.15, -0.1) is 6.58 Å². The molecule has 1 unspecified atom stereocenters. The number of rotatable bonds is 7. The average molecular weight is 318 g/mol. The van der Waals surface area contributed by atoms with Crippen LogP contribution in [0.25, 0.3) is 0 Å². The predicted molar refractivity (Wildman–Crippen MR) is 86.2 cm³/mol. The van der Waals surface area contributed by atoms with E-state index in [0.717, 1.165) is 44.5 Å². The molecule has 2 aliphatic carbocycles. The van der Waals surface area contributed by atoms with Gasteiger partial charge < -0.3 is 18.6 Å². The Bertz CT molecular complexity index is 608. The summed E-state index contributed by atoms with van der Waals surface area (Å²) in [7, 11) is 1.76. The lowest BCUT2D eigenvalue weighted by atomic mass is 9.58. The van der Waals surface area contributed by atoms with E-state index in [0.29, 0.717) is 6.61 Å². The summed E-state index contributed by atoms with van der Waals surface area (Å²) in [5, 5.41) is 0. The molecule has 23 heavy (non-hydrogen) atoms. The first-order valence-corrected chi connectivity index (χ1v) is 8.62. The van der Waals surface area contributed by atoms with Crippen molar-refractivity contribution in [1.82, 2.24) is 0 Å². The molecule has 4 heteroatoms. The van der Waals surface area contributed by atoms with E-state index < -0.39 is 0 Å². The first-order valence-electron chi connectivity index (χ1n) is 8.62. The summed E-state index contributed by atoms with van der Waals surface area (Å²) in [6.07, 6.45) is 8.74. The Morgan fingerprint density at radius 2 is 2.30 bits per heavy atom. The van der Waals surface area contributed by atoms with Gasteiger partial charge >= 0.3 is 0 Å². The van der Waals surface area contributed by atoms with Crippen LogP contribution in [0.15, 0.2) is 29.4 Å². The van der Waals surface area contributed by atoms with Crippen molar-refractivity contribution >= 4 is 0 Å². The van der Waals surface area contributed by atoms with Gasteiger partial charge in [0.25, 0.3) is 0 Å². The monoisotopic (exact) mass is 318 g/mol. The van der Waals surface area contributed by atoms with Crippen molar-refractivity contribution < 1.29 is 18.6 Å². The molecule has 2 fully saturated rings. The van der Waals surface area contributed by atoms with Crippen LogP contribution in [0.4, 0.5) is 0 Å². The topological polar surface area (TPSA) is 40.8 Å². The highest BCUT2D eigenvalue weighted by Gasteiger charge is 2.75. The second-order valence-electron chi connectivity index (χ2n) is 7.35. The maximum absolute atomic E-state index is 6.55. The molecular weight excluding hydrogens is 292 g/mol. The van der Waals surface area contributed by atoms with Gasteiger partial charge in [-0.25, -0.2) is 0 Å². The van der Waals surface area contributed by atoms with Crippen molar-refractivity contribution in [2.75, 3.05) is 20.3 Å². The molecule has 1 saturated carbocycles. The van der Waals surface area contributed by atoms with Crippen LogP contribution >= 0.6 is 0 Å². The van der Waals surface area contributed by atoms with E-state index in [1.807, 2.05) is 6.08 Å². The maximum atomic E-state index is 6.55. The number of methoxy groups -OCH3 is 1. The van der Waals surface area contributed by atoms with E-state index in [4.69, 9.17) is 18.6 Å². The highest BCUT2D eigenvalue weighted by molar-refractivity contribution is 5.41. The summed E-state index contributed by atoms with van der Waals surface area (Å²) in [4.78, 5) is 0. The summed E-state index contributed by atoms with van der Waals surface area (Å²) in [6, 6.07) is 2.09. The van der Waals surface area contributed by atoms with E-state index in [1.54, 1.807) is 13.4 Å². The molecule has 2 heterocycles. The molecule has 126 valence electrons. The molecule has 0 spiro atoms. The van der Waals surface area contributed by atoms with Crippen LogP contribution in [-0.4, -0.2) is 25.9 Å². The molecule has 1 aromatic heterocycles. The van der Waals surface area contributed by atoms with Crippen molar-refractivity contribution in [3.8, 4) is 0 Å². The highest BCUT2D eigenvalue weighted by atomic mass is 16.5. The highest BCUT2D eigenvalue weighted by Crippen LogP contribution is 2.74. The average Bonchev–Trinajstić information content (AvgIpc) is 3.16. The Labute approximate surface area is 137 Å². The number of hydrogen-bond donors (Lipinski definition) is 0. The lowest BCUT2D eigenvalue weighted by Gasteiger charge is -2.49. The Morgan fingerprint density at radius 3 is 3.09 bits per heavy atom. The molecule has 2 bridgehead atoms. The third-order valence-electron chi connectivity index (χ3n) is 6.50. The Kier molecular flexibility index (Phi) is 3.49. The predicted octanol–water partition coefficient (Wildman–Crippen LogP) is 4.12. The lowest BCUT2D eigenvalue weighted by molar-refractivity contribution is -0.151. The molecule has 4 nitrogen and oxygen atoms in total. The summed E-state index contributed by atoms with van der Waals surface area (Å²) in [6.45, 7) is 7.44. The molecule has 1 aromatic rings. The molecule has 4 atom stereocenters. The van der Waals surface area contributed by atoms with Crippen molar-refractivity contribution in [2.24, 2.45) is 5.41 Å². The van der Waals surface area contributed by atoms with Crippen LogP contribution in [0.3, 0.4) is 0 Å². The third-order valence-corrected chi connectivity index (χ3v) is 6.50. The molecule has 4 rings (SSSR count). The SMILES string of the molecule is C=CCO[C@]12CCC3(C)O[C@H](C[C@]31CCCOC)c1occc12. The van der Waals surface area contributed by atoms with Gasteiger partial charge in [0.15, 0.2) is 0 Å². The van der Waals surface area contributed by atoms with Crippen LogP contribution in [0.1, 0.15) is 56.5 Å². The first-order chi connectivity index (χ1) is 11.1. The third kappa shape index (κ3) is 1.77. The number of fused-ring (bicyclic) bond motifs is 4. The van der Waals surface area contributed by atoms with Gasteiger partial charge in [0, 0.05) is 24.7 Å². The Hall–Kier alpha value is -1.10. The lowest BCUT2D eigenvalue weighted by Crippen LogP contribution is -2.52. The molecule has 0 aromatic carbocycles. The number of hydrogen-bond acceptors (Lipinski definition) is 4. The summed E-state index contributed by atoms with van der Waals surface area (Å²) in [5.74, 6) is 0.972. The van der Waals surface area contributed by atoms with E-state index in [2.05, 4.69) is 19.6 Å². The molecule has 3 aliphatic rings. The van der Waals surface area contributed by atoms with Crippen molar-refractivity contribution in [3.05, 3.63) is 36.3 Å². The van der Waals surface area contributed by atoms with Crippen LogP contribution < -0.4 is 0 Å². The zero-order valence-electron chi connectivity index (χ0n) is 14.1. The van der Waals surface area contributed by atoms with E-state index in [-0.39, 0.29) is 22.7 Å². The van der Waals surface area contributed by atoms with Crippen molar-refractivity contribution in [3.63, 3.8) is 0 Å². The fourth-order valence-corrected chi connectivity index (χ4v) is 5.56. The molecule has 0 radical (unpaired) electrons. The molecular formula is C19H26O4. The molecule has 0 amide bonds. The number of furan rings is 1. The molecule has 1 saturated heterocycles. The Morgan fingerprint density at radius 1 is 1.43 bits per heavy atom. The molecule has 1 aliphatic heterocycles. The van der Waals surface area contributed by atoms with Crippen LogP contribution in [-0.2, 0) is 19.8 Å². The summed E-state index contributed by atoms with van der Waals surface area (Å²) >= 11 is 0. The van der Waals surface area contributed by atoms with Gasteiger partial charge in [-0.1, -0.05) is 6.08 Å². The van der Waals surface area contributed by atoms with Gasteiger partial charge in [0.05, 0.1) is 18.5 Å². The quantitative estimate of drug-likeness (QED) is 0.560. The standard InChI is InChI=1S/C19H26O4/c1-4-10-22-19-9-8-17(2)18(19,7-5-11-20-3)13-15(23-17)16-14(19)6-12-21-16/h4,6,12,15H,1,5,7-11,13H2,2-3H3/t15-,17?,18-,19+/m1/s1. The second-order valence-corrected chi connectivity index (χ2v) is 7.35. The zero-order valence-corrected chi connectivity index (χ0v) is 14.1. The van der Waals surface area contributed by atoms with Crippen LogP contribution in [0.5, 0.6) is 0 Å². The van der Waals surface area contributed by atoms with Crippen molar-refractivity contribution in [2.45, 2.75) is 56.3 Å².